The Morgan fingerprint density at radius 3 is 2.06 bits per heavy atom. The molecule has 0 rings (SSSR count). The average molecular weight is 230 g/mol. The highest BCUT2D eigenvalue weighted by molar-refractivity contribution is 4.91. The van der Waals surface area contributed by atoms with Gasteiger partial charge in [-0.2, -0.15) is 0 Å². The van der Waals surface area contributed by atoms with Crippen LogP contribution in [0.2, 0.25) is 0 Å². The van der Waals surface area contributed by atoms with Gasteiger partial charge in [-0.1, -0.05) is 20.8 Å². The van der Waals surface area contributed by atoms with Crippen LogP contribution in [0.1, 0.15) is 41.0 Å². The minimum atomic E-state index is 0.0166. The fourth-order valence-corrected chi connectivity index (χ4v) is 1.79. The molecular weight excluding hydrogens is 200 g/mol. The molecule has 2 N–H and O–H groups in total. The van der Waals surface area contributed by atoms with Crippen molar-refractivity contribution in [2.24, 2.45) is 11.1 Å². The molecule has 0 spiro atoms. The van der Waals surface area contributed by atoms with E-state index in [-0.39, 0.29) is 11.0 Å². The zero-order valence-corrected chi connectivity index (χ0v) is 12.1. The van der Waals surface area contributed by atoms with E-state index in [1.807, 2.05) is 0 Å². The summed E-state index contributed by atoms with van der Waals surface area (Å²) in [5, 5.41) is 0. The Morgan fingerprint density at radius 2 is 1.75 bits per heavy atom. The summed E-state index contributed by atoms with van der Waals surface area (Å²) >= 11 is 0. The third-order valence-electron chi connectivity index (χ3n) is 3.97. The molecule has 0 amide bonds. The van der Waals surface area contributed by atoms with Crippen LogP contribution in [-0.4, -0.2) is 43.8 Å². The van der Waals surface area contributed by atoms with Gasteiger partial charge >= 0.3 is 0 Å². The maximum absolute atomic E-state index is 5.93. The highest BCUT2D eigenvalue weighted by atomic mass is 16.5. The molecule has 3 nitrogen and oxygen atoms in total. The predicted octanol–water partition coefficient (Wildman–Crippen LogP) is 2.11. The minimum absolute atomic E-state index is 0.0166. The van der Waals surface area contributed by atoms with E-state index in [1.165, 1.54) is 0 Å². The highest BCUT2D eigenvalue weighted by Gasteiger charge is 2.35. The number of hydrogen-bond donors (Lipinski definition) is 1. The van der Waals surface area contributed by atoms with Crippen LogP contribution in [0.4, 0.5) is 0 Å². The molecule has 0 radical (unpaired) electrons. The van der Waals surface area contributed by atoms with Gasteiger partial charge in [-0.25, -0.2) is 0 Å². The van der Waals surface area contributed by atoms with E-state index in [4.69, 9.17) is 10.5 Å². The first kappa shape index (κ1) is 15.9. The summed E-state index contributed by atoms with van der Waals surface area (Å²) in [6.45, 7) is 12.7. The Balaban J connectivity index is 4.68. The SMILES string of the molecule is COCCC(C)(CN)N(C)C(C)C(C)(C)C. The van der Waals surface area contributed by atoms with E-state index in [0.717, 1.165) is 13.0 Å². The molecule has 2 atom stereocenters. The van der Waals surface area contributed by atoms with Crippen molar-refractivity contribution in [3.63, 3.8) is 0 Å². The largest absolute Gasteiger partial charge is 0.385 e. The lowest BCUT2D eigenvalue weighted by molar-refractivity contribution is 0.0214. The maximum Gasteiger partial charge on any atom is 0.0480 e. The molecule has 0 aliphatic heterocycles. The summed E-state index contributed by atoms with van der Waals surface area (Å²) < 4.78 is 5.17. The van der Waals surface area contributed by atoms with E-state index < -0.39 is 0 Å². The van der Waals surface area contributed by atoms with Crippen LogP contribution in [0.3, 0.4) is 0 Å². The Bertz CT molecular complexity index is 201. The minimum Gasteiger partial charge on any atom is -0.385 e. The third kappa shape index (κ3) is 4.04. The molecule has 16 heavy (non-hydrogen) atoms. The molecular formula is C13H30N2O. The molecule has 2 unspecified atom stereocenters. The Hall–Kier alpha value is -0.120. The van der Waals surface area contributed by atoms with Crippen molar-refractivity contribution in [1.82, 2.24) is 4.90 Å². The van der Waals surface area contributed by atoms with Crippen molar-refractivity contribution in [2.45, 2.75) is 52.6 Å². The highest BCUT2D eigenvalue weighted by Crippen LogP contribution is 2.29. The number of nitrogens with zero attached hydrogens (tertiary/aromatic N) is 1. The number of ether oxygens (including phenoxy) is 1. The first-order valence-corrected chi connectivity index (χ1v) is 6.11. The lowest BCUT2D eigenvalue weighted by Crippen LogP contribution is -2.56. The van der Waals surface area contributed by atoms with Gasteiger partial charge < -0.3 is 10.5 Å². The quantitative estimate of drug-likeness (QED) is 0.759. The molecule has 0 aliphatic carbocycles. The van der Waals surface area contributed by atoms with Crippen molar-refractivity contribution < 1.29 is 4.74 Å². The molecule has 0 aliphatic rings. The van der Waals surface area contributed by atoms with E-state index >= 15 is 0 Å². The normalized spacial score (nSPS) is 18.6. The second kappa shape index (κ2) is 5.99. The molecule has 0 saturated carbocycles. The van der Waals surface area contributed by atoms with Crippen molar-refractivity contribution in [3.8, 4) is 0 Å². The van der Waals surface area contributed by atoms with Crippen molar-refractivity contribution in [3.05, 3.63) is 0 Å². The maximum atomic E-state index is 5.93. The van der Waals surface area contributed by atoms with Gasteiger partial charge in [-0.15, -0.1) is 0 Å². The molecule has 0 saturated heterocycles. The number of hydrogen-bond acceptors (Lipinski definition) is 3. The van der Waals surface area contributed by atoms with Crippen LogP contribution in [0.25, 0.3) is 0 Å². The molecule has 0 heterocycles. The molecule has 0 aromatic heterocycles. The third-order valence-corrected chi connectivity index (χ3v) is 3.97. The number of rotatable bonds is 6. The fraction of sp³-hybridized carbons (Fsp3) is 1.00. The van der Waals surface area contributed by atoms with E-state index in [0.29, 0.717) is 12.6 Å². The second-order valence-corrected chi connectivity index (χ2v) is 6.10. The Morgan fingerprint density at radius 1 is 1.25 bits per heavy atom. The van der Waals surface area contributed by atoms with Crippen LogP contribution in [0.5, 0.6) is 0 Å². The van der Waals surface area contributed by atoms with Gasteiger partial charge in [-0.05, 0) is 32.7 Å². The van der Waals surface area contributed by atoms with Crippen molar-refractivity contribution >= 4 is 0 Å². The van der Waals surface area contributed by atoms with E-state index in [9.17, 15) is 0 Å². The standard InChI is InChI=1S/C13H30N2O/c1-11(12(2,3)4)15(6)13(5,10-14)8-9-16-7/h11H,8-10,14H2,1-7H3. The lowest BCUT2D eigenvalue weighted by Gasteiger charge is -2.46. The number of likely N-dealkylation sites (N-methyl/N-ethyl adjacent to an activating group) is 1. The van der Waals surface area contributed by atoms with Crippen LogP contribution in [0, 0.1) is 5.41 Å². The number of nitrogens with two attached hydrogens (primary N) is 1. The predicted molar refractivity (Wildman–Crippen MR) is 70.6 cm³/mol. The monoisotopic (exact) mass is 230 g/mol. The first-order chi connectivity index (χ1) is 7.19. The van der Waals surface area contributed by atoms with Gasteiger partial charge in [-0.3, -0.25) is 4.90 Å². The summed E-state index contributed by atoms with van der Waals surface area (Å²) in [6.07, 6.45) is 0.969. The molecule has 0 bridgehead atoms. The van der Waals surface area contributed by atoms with Crippen LogP contribution in [0.15, 0.2) is 0 Å². The molecule has 0 aromatic carbocycles. The summed E-state index contributed by atoms with van der Waals surface area (Å²) in [5.74, 6) is 0. The topological polar surface area (TPSA) is 38.5 Å². The Labute approximate surface area is 101 Å². The van der Waals surface area contributed by atoms with Gasteiger partial charge in [0.2, 0.25) is 0 Å². The molecule has 0 fully saturated rings. The smallest absolute Gasteiger partial charge is 0.0480 e. The Kier molecular flexibility index (Phi) is 5.94. The van der Waals surface area contributed by atoms with Gasteiger partial charge in [0.05, 0.1) is 0 Å². The summed E-state index contributed by atoms with van der Waals surface area (Å²) in [6, 6.07) is 0.484. The molecule has 0 aromatic rings. The second-order valence-electron chi connectivity index (χ2n) is 6.10. The average Bonchev–Trinajstić information content (AvgIpc) is 2.22. The van der Waals surface area contributed by atoms with Gasteiger partial charge in [0, 0.05) is 31.8 Å². The zero-order chi connectivity index (χ0) is 13.0. The van der Waals surface area contributed by atoms with Crippen LogP contribution >= 0.6 is 0 Å². The van der Waals surface area contributed by atoms with Gasteiger partial charge in [0.25, 0.3) is 0 Å². The number of methoxy groups -OCH3 is 1. The van der Waals surface area contributed by atoms with Crippen molar-refractivity contribution in [1.29, 1.82) is 0 Å². The first-order valence-electron chi connectivity index (χ1n) is 6.11. The lowest BCUT2D eigenvalue weighted by atomic mass is 9.83. The fourth-order valence-electron chi connectivity index (χ4n) is 1.79. The molecule has 98 valence electrons. The van der Waals surface area contributed by atoms with Crippen LogP contribution in [-0.2, 0) is 4.74 Å². The summed E-state index contributed by atoms with van der Waals surface area (Å²) in [5.41, 5.74) is 6.21. The van der Waals surface area contributed by atoms with Gasteiger partial charge in [0.15, 0.2) is 0 Å². The summed E-state index contributed by atoms with van der Waals surface area (Å²) in [7, 11) is 3.91. The van der Waals surface area contributed by atoms with Gasteiger partial charge in [0.1, 0.15) is 0 Å². The summed E-state index contributed by atoms with van der Waals surface area (Å²) in [4.78, 5) is 2.39. The zero-order valence-electron chi connectivity index (χ0n) is 12.1. The van der Waals surface area contributed by atoms with Crippen molar-refractivity contribution in [2.75, 3.05) is 27.3 Å². The van der Waals surface area contributed by atoms with Crippen LogP contribution < -0.4 is 5.73 Å². The van der Waals surface area contributed by atoms with E-state index in [1.54, 1.807) is 7.11 Å². The molecule has 3 heteroatoms. The van der Waals surface area contributed by atoms with E-state index in [2.05, 4.69) is 46.6 Å².